The van der Waals surface area contributed by atoms with Crippen molar-refractivity contribution in [3.8, 4) is 0 Å². The third-order valence-electron chi connectivity index (χ3n) is 3.50. The van der Waals surface area contributed by atoms with Gasteiger partial charge in [0.15, 0.2) is 0 Å². The van der Waals surface area contributed by atoms with Crippen LogP contribution in [0.4, 0.5) is 0 Å². The molecule has 0 heterocycles. The summed E-state index contributed by atoms with van der Waals surface area (Å²) in [4.78, 5) is 0. The summed E-state index contributed by atoms with van der Waals surface area (Å²) >= 11 is 0. The van der Waals surface area contributed by atoms with Gasteiger partial charge in [0.2, 0.25) is 0 Å². The molecule has 0 amide bonds. The SMILES string of the molecule is CCCCC1CCC(C)C(OC)C1. The lowest BCUT2D eigenvalue weighted by Gasteiger charge is -2.33. The van der Waals surface area contributed by atoms with Crippen molar-refractivity contribution in [3.05, 3.63) is 0 Å². The number of rotatable bonds is 4. The van der Waals surface area contributed by atoms with Crippen molar-refractivity contribution in [2.45, 2.75) is 58.5 Å². The Morgan fingerprint density at radius 1 is 1.31 bits per heavy atom. The van der Waals surface area contributed by atoms with Crippen LogP contribution in [0.2, 0.25) is 0 Å². The molecule has 0 radical (unpaired) electrons. The first kappa shape index (κ1) is 11.0. The van der Waals surface area contributed by atoms with Crippen LogP contribution in [0.3, 0.4) is 0 Å². The molecular formula is C12H24O. The first-order valence-electron chi connectivity index (χ1n) is 5.80. The van der Waals surface area contributed by atoms with Crippen LogP contribution in [-0.2, 0) is 4.74 Å². The average Bonchev–Trinajstić information content (AvgIpc) is 2.16. The Labute approximate surface area is 82.9 Å². The zero-order valence-corrected chi connectivity index (χ0v) is 9.38. The molecule has 0 saturated heterocycles. The largest absolute Gasteiger partial charge is 0.381 e. The molecule has 0 aromatic carbocycles. The smallest absolute Gasteiger partial charge is 0.0599 e. The van der Waals surface area contributed by atoms with Crippen molar-refractivity contribution in [2.24, 2.45) is 11.8 Å². The zero-order chi connectivity index (χ0) is 9.68. The van der Waals surface area contributed by atoms with Crippen LogP contribution in [0, 0.1) is 11.8 Å². The topological polar surface area (TPSA) is 9.23 Å². The first-order valence-corrected chi connectivity index (χ1v) is 5.80. The molecule has 0 aliphatic heterocycles. The predicted octanol–water partition coefficient (Wildman–Crippen LogP) is 3.63. The fourth-order valence-electron chi connectivity index (χ4n) is 2.45. The molecule has 78 valence electrons. The Hall–Kier alpha value is -0.0400. The molecule has 1 heteroatoms. The summed E-state index contributed by atoms with van der Waals surface area (Å²) in [5, 5.41) is 0. The van der Waals surface area contributed by atoms with E-state index in [4.69, 9.17) is 4.74 Å². The minimum Gasteiger partial charge on any atom is -0.381 e. The maximum atomic E-state index is 5.51. The van der Waals surface area contributed by atoms with Crippen LogP contribution in [0.5, 0.6) is 0 Å². The first-order chi connectivity index (χ1) is 6.27. The third-order valence-corrected chi connectivity index (χ3v) is 3.50. The summed E-state index contributed by atoms with van der Waals surface area (Å²) < 4.78 is 5.51. The van der Waals surface area contributed by atoms with Crippen molar-refractivity contribution < 1.29 is 4.74 Å². The lowest BCUT2D eigenvalue weighted by molar-refractivity contribution is 0.00975. The van der Waals surface area contributed by atoms with Gasteiger partial charge in [-0.05, 0) is 24.7 Å². The van der Waals surface area contributed by atoms with Gasteiger partial charge >= 0.3 is 0 Å². The van der Waals surface area contributed by atoms with E-state index in [9.17, 15) is 0 Å². The van der Waals surface area contributed by atoms with E-state index in [0.717, 1.165) is 11.8 Å². The van der Waals surface area contributed by atoms with Crippen LogP contribution in [0.25, 0.3) is 0 Å². The van der Waals surface area contributed by atoms with Gasteiger partial charge < -0.3 is 4.74 Å². The second-order valence-corrected chi connectivity index (χ2v) is 4.57. The molecule has 0 bridgehead atoms. The molecule has 1 rings (SSSR count). The Bertz CT molecular complexity index is 131. The van der Waals surface area contributed by atoms with E-state index in [2.05, 4.69) is 13.8 Å². The van der Waals surface area contributed by atoms with Crippen molar-refractivity contribution in [3.63, 3.8) is 0 Å². The molecule has 0 aromatic rings. The van der Waals surface area contributed by atoms with Gasteiger partial charge in [0.25, 0.3) is 0 Å². The second kappa shape index (κ2) is 5.64. The summed E-state index contributed by atoms with van der Waals surface area (Å²) in [5.74, 6) is 1.73. The molecule has 1 fully saturated rings. The van der Waals surface area contributed by atoms with E-state index in [-0.39, 0.29) is 0 Å². The molecule has 0 aromatic heterocycles. The number of hydrogen-bond acceptors (Lipinski definition) is 1. The van der Waals surface area contributed by atoms with Crippen LogP contribution in [0.1, 0.15) is 52.4 Å². The third kappa shape index (κ3) is 3.30. The van der Waals surface area contributed by atoms with Gasteiger partial charge in [0.1, 0.15) is 0 Å². The highest BCUT2D eigenvalue weighted by atomic mass is 16.5. The molecule has 3 atom stereocenters. The maximum Gasteiger partial charge on any atom is 0.0599 e. The molecule has 1 nitrogen and oxygen atoms in total. The summed E-state index contributed by atoms with van der Waals surface area (Å²) in [7, 11) is 1.86. The highest BCUT2D eigenvalue weighted by Gasteiger charge is 2.26. The lowest BCUT2D eigenvalue weighted by Crippen LogP contribution is -2.29. The summed E-state index contributed by atoms with van der Waals surface area (Å²) in [6, 6.07) is 0. The Morgan fingerprint density at radius 2 is 2.08 bits per heavy atom. The number of hydrogen-bond donors (Lipinski definition) is 0. The van der Waals surface area contributed by atoms with Gasteiger partial charge in [-0.25, -0.2) is 0 Å². The zero-order valence-electron chi connectivity index (χ0n) is 9.38. The molecule has 1 aliphatic carbocycles. The van der Waals surface area contributed by atoms with Gasteiger partial charge in [0.05, 0.1) is 6.10 Å². The molecule has 1 saturated carbocycles. The Balaban J connectivity index is 2.27. The van der Waals surface area contributed by atoms with E-state index in [1.54, 1.807) is 0 Å². The standard InChI is InChI=1S/C12H24O/c1-4-5-6-11-8-7-10(2)12(9-11)13-3/h10-12H,4-9H2,1-3H3. The highest BCUT2D eigenvalue weighted by Crippen LogP contribution is 2.33. The number of ether oxygens (including phenoxy) is 1. The second-order valence-electron chi connectivity index (χ2n) is 4.57. The van der Waals surface area contributed by atoms with Gasteiger partial charge in [-0.2, -0.15) is 0 Å². The molecule has 1 aliphatic rings. The van der Waals surface area contributed by atoms with Crippen molar-refractivity contribution in [2.75, 3.05) is 7.11 Å². The highest BCUT2D eigenvalue weighted by molar-refractivity contribution is 4.78. The van der Waals surface area contributed by atoms with E-state index in [1.807, 2.05) is 7.11 Å². The molecule has 0 spiro atoms. The van der Waals surface area contributed by atoms with Crippen LogP contribution < -0.4 is 0 Å². The van der Waals surface area contributed by atoms with Crippen molar-refractivity contribution in [1.82, 2.24) is 0 Å². The van der Waals surface area contributed by atoms with E-state index in [0.29, 0.717) is 6.10 Å². The average molecular weight is 184 g/mol. The summed E-state index contributed by atoms with van der Waals surface area (Å²) in [5.41, 5.74) is 0. The maximum absolute atomic E-state index is 5.51. The lowest BCUT2D eigenvalue weighted by atomic mass is 9.78. The van der Waals surface area contributed by atoms with Gasteiger partial charge in [0, 0.05) is 7.11 Å². The van der Waals surface area contributed by atoms with Crippen molar-refractivity contribution in [1.29, 1.82) is 0 Å². The minimum absolute atomic E-state index is 0.538. The fourth-order valence-corrected chi connectivity index (χ4v) is 2.45. The molecular weight excluding hydrogens is 160 g/mol. The Morgan fingerprint density at radius 3 is 2.69 bits per heavy atom. The van der Waals surface area contributed by atoms with Crippen LogP contribution in [0.15, 0.2) is 0 Å². The quantitative estimate of drug-likeness (QED) is 0.648. The van der Waals surface area contributed by atoms with E-state index >= 15 is 0 Å². The summed E-state index contributed by atoms with van der Waals surface area (Å²) in [6.07, 6.45) is 8.80. The number of methoxy groups -OCH3 is 1. The Kier molecular flexibility index (Phi) is 4.79. The van der Waals surface area contributed by atoms with Crippen LogP contribution in [-0.4, -0.2) is 13.2 Å². The van der Waals surface area contributed by atoms with Gasteiger partial charge in [-0.15, -0.1) is 0 Å². The number of unbranched alkanes of at least 4 members (excludes halogenated alkanes) is 1. The van der Waals surface area contributed by atoms with E-state index < -0.39 is 0 Å². The molecule has 13 heavy (non-hydrogen) atoms. The molecule has 3 unspecified atom stereocenters. The van der Waals surface area contributed by atoms with Gasteiger partial charge in [-0.1, -0.05) is 39.5 Å². The van der Waals surface area contributed by atoms with Crippen LogP contribution >= 0.6 is 0 Å². The van der Waals surface area contributed by atoms with Crippen molar-refractivity contribution >= 4 is 0 Å². The van der Waals surface area contributed by atoms with Gasteiger partial charge in [-0.3, -0.25) is 0 Å². The fraction of sp³-hybridized carbons (Fsp3) is 1.00. The predicted molar refractivity (Wildman–Crippen MR) is 56.8 cm³/mol. The molecule has 0 N–H and O–H groups in total. The normalized spacial score (nSPS) is 34.8. The minimum atomic E-state index is 0.538. The monoisotopic (exact) mass is 184 g/mol. The van der Waals surface area contributed by atoms with E-state index in [1.165, 1.54) is 38.5 Å². The summed E-state index contributed by atoms with van der Waals surface area (Å²) in [6.45, 7) is 4.60.